The number of methoxy groups -OCH3 is 1. The van der Waals surface area contributed by atoms with E-state index in [1.165, 1.54) is 0 Å². The topological polar surface area (TPSA) is 57.6 Å². The van der Waals surface area contributed by atoms with Gasteiger partial charge in [-0.15, -0.1) is 0 Å². The zero-order chi connectivity index (χ0) is 14.7. The standard InChI is InChI=1S/C17H17NO3/c1-19-12-5-4-6-13(9-12)20-11-15-14-7-2-3-8-16(14)21-17(15)10-18/h2-9H,10-11,18H2,1H3. The smallest absolute Gasteiger partial charge is 0.134 e. The monoisotopic (exact) mass is 283 g/mol. The lowest BCUT2D eigenvalue weighted by Gasteiger charge is -2.08. The molecule has 0 radical (unpaired) electrons. The van der Waals surface area contributed by atoms with E-state index in [9.17, 15) is 0 Å². The Balaban J connectivity index is 1.87. The summed E-state index contributed by atoms with van der Waals surface area (Å²) < 4.78 is 16.8. The van der Waals surface area contributed by atoms with Gasteiger partial charge in [-0.1, -0.05) is 24.3 Å². The SMILES string of the molecule is COc1cccc(OCc2c(CN)oc3ccccc23)c1. The lowest BCUT2D eigenvalue weighted by molar-refractivity contribution is 0.301. The molecule has 0 bridgehead atoms. The van der Waals surface area contributed by atoms with E-state index >= 15 is 0 Å². The Morgan fingerprint density at radius 2 is 1.86 bits per heavy atom. The molecule has 0 unspecified atom stereocenters. The maximum absolute atomic E-state index is 5.85. The summed E-state index contributed by atoms with van der Waals surface area (Å²) in [5.41, 5.74) is 7.59. The lowest BCUT2D eigenvalue weighted by Crippen LogP contribution is -2.02. The normalized spacial score (nSPS) is 10.8. The van der Waals surface area contributed by atoms with E-state index in [4.69, 9.17) is 19.6 Å². The van der Waals surface area contributed by atoms with Gasteiger partial charge in [-0.25, -0.2) is 0 Å². The molecule has 108 valence electrons. The van der Waals surface area contributed by atoms with Gasteiger partial charge >= 0.3 is 0 Å². The van der Waals surface area contributed by atoms with Crippen molar-refractivity contribution in [1.29, 1.82) is 0 Å². The number of fused-ring (bicyclic) bond motifs is 1. The van der Waals surface area contributed by atoms with Crippen molar-refractivity contribution in [2.24, 2.45) is 5.73 Å². The number of ether oxygens (including phenoxy) is 2. The Hall–Kier alpha value is -2.46. The number of nitrogens with two attached hydrogens (primary N) is 1. The average Bonchev–Trinajstić information content (AvgIpc) is 2.91. The van der Waals surface area contributed by atoms with Crippen LogP contribution >= 0.6 is 0 Å². The molecule has 3 aromatic rings. The largest absolute Gasteiger partial charge is 0.497 e. The molecule has 0 fully saturated rings. The molecule has 2 N–H and O–H groups in total. The second-order valence-corrected chi connectivity index (χ2v) is 4.67. The van der Waals surface area contributed by atoms with Gasteiger partial charge in [-0.05, 0) is 18.2 Å². The van der Waals surface area contributed by atoms with Crippen LogP contribution in [-0.2, 0) is 13.2 Å². The molecule has 4 nitrogen and oxygen atoms in total. The van der Waals surface area contributed by atoms with Crippen molar-refractivity contribution in [1.82, 2.24) is 0 Å². The zero-order valence-electron chi connectivity index (χ0n) is 11.8. The minimum atomic E-state index is 0.353. The summed E-state index contributed by atoms with van der Waals surface area (Å²) in [7, 11) is 1.63. The Morgan fingerprint density at radius 3 is 2.67 bits per heavy atom. The fourth-order valence-electron chi connectivity index (χ4n) is 2.32. The van der Waals surface area contributed by atoms with Gasteiger partial charge in [0, 0.05) is 17.0 Å². The number of hydrogen-bond acceptors (Lipinski definition) is 4. The Bertz CT molecular complexity index is 749. The van der Waals surface area contributed by atoms with E-state index in [0.29, 0.717) is 13.2 Å². The van der Waals surface area contributed by atoms with E-state index in [1.807, 2.05) is 48.5 Å². The van der Waals surface area contributed by atoms with Gasteiger partial charge in [-0.2, -0.15) is 0 Å². The summed E-state index contributed by atoms with van der Waals surface area (Å²) in [4.78, 5) is 0. The highest BCUT2D eigenvalue weighted by atomic mass is 16.5. The molecule has 1 aromatic heterocycles. The van der Waals surface area contributed by atoms with E-state index in [-0.39, 0.29) is 0 Å². The van der Waals surface area contributed by atoms with Crippen molar-refractivity contribution in [2.45, 2.75) is 13.2 Å². The van der Waals surface area contributed by atoms with Crippen LogP contribution in [0.4, 0.5) is 0 Å². The number of hydrogen-bond donors (Lipinski definition) is 1. The first kappa shape index (κ1) is 13.5. The highest BCUT2D eigenvalue weighted by molar-refractivity contribution is 5.82. The molecule has 2 aromatic carbocycles. The van der Waals surface area contributed by atoms with Crippen molar-refractivity contribution in [3.05, 3.63) is 59.9 Å². The fraction of sp³-hybridized carbons (Fsp3) is 0.176. The molecule has 3 rings (SSSR count). The van der Waals surface area contributed by atoms with Crippen LogP contribution in [0.15, 0.2) is 52.9 Å². The van der Waals surface area contributed by atoms with Crippen LogP contribution < -0.4 is 15.2 Å². The molecule has 0 aliphatic carbocycles. The fourth-order valence-corrected chi connectivity index (χ4v) is 2.32. The lowest BCUT2D eigenvalue weighted by atomic mass is 10.1. The summed E-state index contributed by atoms with van der Waals surface area (Å²) in [6.07, 6.45) is 0. The zero-order valence-corrected chi connectivity index (χ0v) is 11.8. The van der Waals surface area contributed by atoms with Gasteiger partial charge in [0.2, 0.25) is 0 Å². The van der Waals surface area contributed by atoms with Crippen LogP contribution in [0.5, 0.6) is 11.5 Å². The van der Waals surface area contributed by atoms with Gasteiger partial charge in [0.25, 0.3) is 0 Å². The van der Waals surface area contributed by atoms with Crippen LogP contribution in [-0.4, -0.2) is 7.11 Å². The van der Waals surface area contributed by atoms with Crippen LogP contribution in [0.25, 0.3) is 11.0 Å². The molecular weight excluding hydrogens is 266 g/mol. The van der Waals surface area contributed by atoms with Crippen molar-refractivity contribution >= 4 is 11.0 Å². The van der Waals surface area contributed by atoms with Gasteiger partial charge in [0.1, 0.15) is 29.4 Å². The molecule has 0 aliphatic heterocycles. The molecule has 4 heteroatoms. The highest BCUT2D eigenvalue weighted by Gasteiger charge is 2.13. The van der Waals surface area contributed by atoms with E-state index in [1.54, 1.807) is 7.11 Å². The second kappa shape index (κ2) is 5.89. The minimum Gasteiger partial charge on any atom is -0.497 e. The van der Waals surface area contributed by atoms with Crippen molar-refractivity contribution in [3.63, 3.8) is 0 Å². The summed E-state index contributed by atoms with van der Waals surface area (Å²) in [6, 6.07) is 15.4. The van der Waals surface area contributed by atoms with E-state index in [2.05, 4.69) is 0 Å². The third kappa shape index (κ3) is 2.71. The molecule has 0 saturated heterocycles. The molecule has 1 heterocycles. The first-order valence-electron chi connectivity index (χ1n) is 6.78. The quantitative estimate of drug-likeness (QED) is 0.779. The molecule has 0 amide bonds. The number of para-hydroxylation sites is 1. The van der Waals surface area contributed by atoms with E-state index < -0.39 is 0 Å². The van der Waals surface area contributed by atoms with Crippen molar-refractivity contribution in [3.8, 4) is 11.5 Å². The highest BCUT2D eigenvalue weighted by Crippen LogP contribution is 2.27. The van der Waals surface area contributed by atoms with Crippen LogP contribution in [0.1, 0.15) is 11.3 Å². The van der Waals surface area contributed by atoms with Crippen molar-refractivity contribution < 1.29 is 13.9 Å². The summed E-state index contributed by atoms with van der Waals surface area (Å²) in [5.74, 6) is 2.28. The van der Waals surface area contributed by atoms with Gasteiger partial charge in [-0.3, -0.25) is 0 Å². The summed E-state index contributed by atoms with van der Waals surface area (Å²) in [6.45, 7) is 0.766. The average molecular weight is 283 g/mol. The third-order valence-electron chi connectivity index (χ3n) is 3.39. The Kier molecular flexibility index (Phi) is 3.79. The van der Waals surface area contributed by atoms with Crippen LogP contribution in [0.3, 0.4) is 0 Å². The molecule has 0 spiro atoms. The first-order valence-corrected chi connectivity index (χ1v) is 6.78. The van der Waals surface area contributed by atoms with Gasteiger partial charge < -0.3 is 19.6 Å². The molecule has 0 aliphatic rings. The molecule has 0 atom stereocenters. The molecular formula is C17H17NO3. The molecule has 0 saturated carbocycles. The molecule has 21 heavy (non-hydrogen) atoms. The van der Waals surface area contributed by atoms with Crippen LogP contribution in [0, 0.1) is 0 Å². The van der Waals surface area contributed by atoms with Gasteiger partial charge in [0.05, 0.1) is 13.7 Å². The Labute approximate surface area is 123 Å². The van der Waals surface area contributed by atoms with E-state index in [0.717, 1.165) is 33.8 Å². The van der Waals surface area contributed by atoms with Crippen molar-refractivity contribution in [2.75, 3.05) is 7.11 Å². The summed E-state index contributed by atoms with van der Waals surface area (Å²) >= 11 is 0. The minimum absolute atomic E-state index is 0.353. The maximum Gasteiger partial charge on any atom is 0.134 e. The van der Waals surface area contributed by atoms with Gasteiger partial charge in [0.15, 0.2) is 0 Å². The Morgan fingerprint density at radius 1 is 1.05 bits per heavy atom. The summed E-state index contributed by atoms with van der Waals surface area (Å²) in [5, 5.41) is 1.04. The first-order chi connectivity index (χ1) is 10.3. The predicted octanol–water partition coefficient (Wildman–Crippen LogP) is 3.48. The number of benzene rings is 2. The predicted molar refractivity (Wildman–Crippen MR) is 81.4 cm³/mol. The second-order valence-electron chi connectivity index (χ2n) is 4.67. The maximum atomic E-state index is 5.85. The van der Waals surface area contributed by atoms with Crippen LogP contribution in [0.2, 0.25) is 0 Å². The number of furan rings is 1. The number of rotatable bonds is 5. The third-order valence-corrected chi connectivity index (χ3v) is 3.39.